The molecule has 0 fully saturated rings. The number of hydrogen-bond acceptors (Lipinski definition) is 2. The molecule has 0 aromatic heterocycles. The minimum atomic E-state index is 0.819. The van der Waals surface area contributed by atoms with Gasteiger partial charge < -0.3 is 10.6 Å². The van der Waals surface area contributed by atoms with Gasteiger partial charge in [-0.05, 0) is 74.9 Å². The van der Waals surface area contributed by atoms with Crippen LogP contribution in [0.5, 0.6) is 0 Å². The monoisotopic (exact) mass is 310 g/mol. The predicted molar refractivity (Wildman–Crippen MR) is 99.9 cm³/mol. The van der Waals surface area contributed by atoms with E-state index in [1.165, 1.54) is 44.5 Å². The Morgan fingerprint density at radius 3 is 1.17 bits per heavy atom. The molecule has 23 heavy (non-hydrogen) atoms. The van der Waals surface area contributed by atoms with E-state index in [1.54, 1.807) is 0 Å². The molecule has 2 aromatic rings. The van der Waals surface area contributed by atoms with E-state index in [9.17, 15) is 0 Å². The summed E-state index contributed by atoms with van der Waals surface area (Å²) in [6.45, 7) is 15.8. The number of aryl methyl sites for hydroxylation is 6. The fourth-order valence-electron chi connectivity index (χ4n) is 3.44. The smallest absolute Gasteiger partial charge is 0.0459 e. The summed E-state index contributed by atoms with van der Waals surface area (Å²) < 4.78 is 0. The summed E-state index contributed by atoms with van der Waals surface area (Å²) in [6, 6.07) is 9.04. The first kappa shape index (κ1) is 17.7. The Kier molecular flexibility index (Phi) is 5.97. The molecule has 2 aromatic carbocycles. The van der Waals surface area contributed by atoms with Crippen molar-refractivity contribution in [1.29, 1.82) is 0 Å². The summed E-state index contributed by atoms with van der Waals surface area (Å²) in [6.07, 6.45) is 0. The van der Waals surface area contributed by atoms with Crippen LogP contribution >= 0.6 is 0 Å². The Hall–Kier alpha value is -1.64. The molecular formula is C21H30N2. The maximum absolute atomic E-state index is 3.51. The van der Waals surface area contributed by atoms with Crippen LogP contribution in [0.15, 0.2) is 24.3 Å². The quantitative estimate of drug-likeness (QED) is 0.611. The van der Waals surface area contributed by atoms with Crippen molar-refractivity contribution in [3.8, 4) is 0 Å². The van der Waals surface area contributed by atoms with Gasteiger partial charge in [0.05, 0.1) is 0 Å². The van der Waals surface area contributed by atoms with Crippen LogP contribution in [0.1, 0.15) is 44.5 Å². The summed E-state index contributed by atoms with van der Waals surface area (Å²) in [5.41, 5.74) is 11.0. The van der Waals surface area contributed by atoms with Crippen molar-refractivity contribution in [3.63, 3.8) is 0 Å². The van der Waals surface area contributed by atoms with Gasteiger partial charge >= 0.3 is 0 Å². The summed E-state index contributed by atoms with van der Waals surface area (Å²) in [4.78, 5) is 0. The second-order valence-corrected chi connectivity index (χ2v) is 6.78. The Bertz CT molecular complexity index is 581. The summed E-state index contributed by atoms with van der Waals surface area (Å²) >= 11 is 0. The molecule has 0 spiro atoms. The van der Waals surface area contributed by atoms with Crippen molar-refractivity contribution in [3.05, 3.63) is 68.8 Å². The largest absolute Gasteiger partial charge is 0.300 e. The van der Waals surface area contributed by atoms with Gasteiger partial charge in [0.2, 0.25) is 0 Å². The van der Waals surface area contributed by atoms with Crippen molar-refractivity contribution in [2.24, 2.45) is 0 Å². The molecule has 2 N–H and O–H groups in total. The number of nitrogens with one attached hydrogen (secondary N) is 2. The molecule has 0 aliphatic heterocycles. The van der Waals surface area contributed by atoms with E-state index in [1.807, 2.05) is 0 Å². The van der Waals surface area contributed by atoms with Gasteiger partial charge in [-0.2, -0.15) is 0 Å². The van der Waals surface area contributed by atoms with Crippen LogP contribution in [0.2, 0.25) is 0 Å². The molecule has 0 heterocycles. The van der Waals surface area contributed by atoms with Gasteiger partial charge in [-0.25, -0.2) is 0 Å². The lowest BCUT2D eigenvalue weighted by Crippen LogP contribution is -2.29. The zero-order valence-corrected chi connectivity index (χ0v) is 15.4. The highest BCUT2D eigenvalue weighted by atomic mass is 15.0. The molecule has 0 saturated heterocycles. The van der Waals surface area contributed by atoms with Gasteiger partial charge in [0.15, 0.2) is 0 Å². The third-order valence-electron chi connectivity index (χ3n) is 4.53. The number of benzene rings is 2. The second kappa shape index (κ2) is 7.76. The van der Waals surface area contributed by atoms with Crippen LogP contribution < -0.4 is 10.6 Å². The molecule has 2 heteroatoms. The first-order valence-corrected chi connectivity index (χ1v) is 8.43. The average molecular weight is 310 g/mol. The Labute approximate surface area is 141 Å². The van der Waals surface area contributed by atoms with Crippen molar-refractivity contribution in [1.82, 2.24) is 10.6 Å². The lowest BCUT2D eigenvalue weighted by Gasteiger charge is -2.15. The van der Waals surface area contributed by atoms with Gasteiger partial charge in [0.25, 0.3) is 0 Å². The number of hydrogen-bond donors (Lipinski definition) is 2. The molecule has 124 valence electrons. The lowest BCUT2D eigenvalue weighted by atomic mass is 10.00. The van der Waals surface area contributed by atoms with E-state index < -0.39 is 0 Å². The van der Waals surface area contributed by atoms with E-state index in [-0.39, 0.29) is 0 Å². The Morgan fingerprint density at radius 1 is 0.565 bits per heavy atom. The summed E-state index contributed by atoms with van der Waals surface area (Å²) in [7, 11) is 0. The maximum atomic E-state index is 3.51. The van der Waals surface area contributed by atoms with Crippen molar-refractivity contribution >= 4 is 0 Å². The molecule has 0 aliphatic rings. The average Bonchev–Trinajstić information content (AvgIpc) is 2.42. The van der Waals surface area contributed by atoms with Gasteiger partial charge in [-0.1, -0.05) is 35.4 Å². The van der Waals surface area contributed by atoms with E-state index >= 15 is 0 Å². The van der Waals surface area contributed by atoms with Crippen molar-refractivity contribution < 1.29 is 0 Å². The van der Waals surface area contributed by atoms with E-state index in [0.29, 0.717) is 0 Å². The highest BCUT2D eigenvalue weighted by molar-refractivity contribution is 5.38. The standard InChI is InChI=1S/C21H30N2/c1-14-7-16(3)20(17(4)8-14)11-22-13-23-12-21-18(5)9-15(2)10-19(21)6/h7-10,22-23H,11-13H2,1-6H3. The third-order valence-corrected chi connectivity index (χ3v) is 4.53. The molecule has 2 rings (SSSR count). The van der Waals surface area contributed by atoms with Gasteiger partial charge in [-0.15, -0.1) is 0 Å². The summed E-state index contributed by atoms with van der Waals surface area (Å²) in [5.74, 6) is 0. The van der Waals surface area contributed by atoms with Crippen molar-refractivity contribution in [2.75, 3.05) is 6.67 Å². The van der Waals surface area contributed by atoms with Gasteiger partial charge in [0.1, 0.15) is 0 Å². The normalized spacial score (nSPS) is 11.0. The van der Waals surface area contributed by atoms with Crippen LogP contribution in [0.25, 0.3) is 0 Å². The predicted octanol–water partition coefficient (Wildman–Crippen LogP) is 4.37. The number of rotatable bonds is 6. The van der Waals surface area contributed by atoms with E-state index in [0.717, 1.165) is 19.8 Å². The highest BCUT2D eigenvalue weighted by Crippen LogP contribution is 2.17. The van der Waals surface area contributed by atoms with Crippen LogP contribution in [0, 0.1) is 41.5 Å². The molecule has 2 nitrogen and oxygen atoms in total. The fourth-order valence-corrected chi connectivity index (χ4v) is 3.44. The maximum Gasteiger partial charge on any atom is 0.0459 e. The first-order valence-electron chi connectivity index (χ1n) is 8.43. The van der Waals surface area contributed by atoms with Crippen LogP contribution in [-0.2, 0) is 13.1 Å². The minimum absolute atomic E-state index is 0.819. The second-order valence-electron chi connectivity index (χ2n) is 6.78. The molecule has 0 amide bonds. The zero-order chi connectivity index (χ0) is 17.0. The van der Waals surface area contributed by atoms with Crippen LogP contribution in [0.3, 0.4) is 0 Å². The summed E-state index contributed by atoms with van der Waals surface area (Å²) in [5, 5.41) is 7.02. The Balaban J connectivity index is 1.85. The lowest BCUT2D eigenvalue weighted by molar-refractivity contribution is 0.578. The van der Waals surface area contributed by atoms with Gasteiger partial charge in [-0.3, -0.25) is 0 Å². The topological polar surface area (TPSA) is 24.1 Å². The fraction of sp³-hybridized carbons (Fsp3) is 0.429. The molecule has 0 radical (unpaired) electrons. The van der Waals surface area contributed by atoms with Crippen LogP contribution in [-0.4, -0.2) is 6.67 Å². The first-order chi connectivity index (χ1) is 10.9. The SMILES string of the molecule is Cc1cc(C)c(CNCNCc2c(C)cc(C)cc2C)c(C)c1. The molecule has 0 saturated carbocycles. The minimum Gasteiger partial charge on any atom is -0.300 e. The van der Waals surface area contributed by atoms with Gasteiger partial charge in [0, 0.05) is 19.8 Å². The van der Waals surface area contributed by atoms with E-state index in [2.05, 4.69) is 76.4 Å². The molecule has 0 atom stereocenters. The molecule has 0 bridgehead atoms. The zero-order valence-electron chi connectivity index (χ0n) is 15.4. The third kappa shape index (κ3) is 4.66. The highest BCUT2D eigenvalue weighted by Gasteiger charge is 2.05. The van der Waals surface area contributed by atoms with E-state index in [4.69, 9.17) is 0 Å². The van der Waals surface area contributed by atoms with Crippen molar-refractivity contribution in [2.45, 2.75) is 54.6 Å². The Morgan fingerprint density at radius 2 is 0.870 bits per heavy atom. The van der Waals surface area contributed by atoms with Crippen LogP contribution in [0.4, 0.5) is 0 Å². The molecule has 0 unspecified atom stereocenters. The molecular weight excluding hydrogens is 280 g/mol. The molecule has 0 aliphatic carbocycles.